The van der Waals surface area contributed by atoms with E-state index in [1.165, 1.54) is 24.0 Å². The van der Waals surface area contributed by atoms with Gasteiger partial charge in [0, 0.05) is 6.54 Å². The fourth-order valence-corrected chi connectivity index (χ4v) is 2.50. The molecule has 0 saturated heterocycles. The van der Waals surface area contributed by atoms with Gasteiger partial charge in [0.25, 0.3) is 0 Å². The normalized spacial score (nSPS) is 14.4. The summed E-state index contributed by atoms with van der Waals surface area (Å²) in [6, 6.07) is 10.8. The molecule has 1 heterocycles. The van der Waals surface area contributed by atoms with E-state index < -0.39 is 0 Å². The van der Waals surface area contributed by atoms with Crippen LogP contribution in [0, 0.1) is 0 Å². The lowest BCUT2D eigenvalue weighted by molar-refractivity contribution is 1.09. The molecular formula is C15H14BrClN2. The zero-order valence-electron chi connectivity index (χ0n) is 10.4. The van der Waals surface area contributed by atoms with Crippen molar-refractivity contribution < 1.29 is 0 Å². The molecule has 1 saturated carbocycles. The zero-order chi connectivity index (χ0) is 13.2. The van der Waals surface area contributed by atoms with Gasteiger partial charge in [-0.15, -0.1) is 0 Å². The average molecular weight is 338 g/mol. The van der Waals surface area contributed by atoms with E-state index in [-0.39, 0.29) is 0 Å². The van der Waals surface area contributed by atoms with Crippen LogP contribution in [0.5, 0.6) is 0 Å². The lowest BCUT2D eigenvalue weighted by Gasteiger charge is -2.08. The molecular weight excluding hydrogens is 324 g/mol. The number of nitrogens with zero attached hydrogens (tertiary/aromatic N) is 1. The SMILES string of the molecule is Clc1ncc(NCc2ccc(C3CC3)cc2)cc1Br. The van der Waals surface area contributed by atoms with Crippen LogP contribution in [-0.2, 0) is 6.54 Å². The molecule has 1 fully saturated rings. The van der Waals surface area contributed by atoms with Crippen molar-refractivity contribution in [1.82, 2.24) is 4.98 Å². The molecule has 2 nitrogen and oxygen atoms in total. The van der Waals surface area contributed by atoms with Gasteiger partial charge in [-0.3, -0.25) is 0 Å². The minimum atomic E-state index is 0.485. The van der Waals surface area contributed by atoms with Gasteiger partial charge in [0.2, 0.25) is 0 Å². The second-order valence-corrected chi connectivity index (χ2v) is 6.08. The summed E-state index contributed by atoms with van der Waals surface area (Å²) in [6.45, 7) is 0.792. The molecule has 19 heavy (non-hydrogen) atoms. The number of hydrogen-bond acceptors (Lipinski definition) is 2. The van der Waals surface area contributed by atoms with Crippen LogP contribution in [0.1, 0.15) is 29.9 Å². The number of rotatable bonds is 4. The van der Waals surface area contributed by atoms with Crippen molar-refractivity contribution >= 4 is 33.2 Å². The first-order valence-corrected chi connectivity index (χ1v) is 7.53. The minimum absolute atomic E-state index is 0.485. The molecule has 0 spiro atoms. The Morgan fingerprint density at radius 2 is 2.00 bits per heavy atom. The highest BCUT2D eigenvalue weighted by Gasteiger charge is 2.22. The van der Waals surface area contributed by atoms with E-state index in [0.29, 0.717) is 5.15 Å². The number of pyridine rings is 1. The predicted molar refractivity (Wildman–Crippen MR) is 82.7 cm³/mol. The molecule has 1 aromatic heterocycles. The third kappa shape index (κ3) is 3.28. The van der Waals surface area contributed by atoms with Crippen LogP contribution in [0.3, 0.4) is 0 Å². The van der Waals surface area contributed by atoms with Crippen LogP contribution in [0.25, 0.3) is 0 Å². The van der Waals surface area contributed by atoms with Crippen molar-refractivity contribution in [1.29, 1.82) is 0 Å². The monoisotopic (exact) mass is 336 g/mol. The molecule has 1 aliphatic rings. The number of aromatic nitrogens is 1. The topological polar surface area (TPSA) is 24.9 Å². The summed E-state index contributed by atoms with van der Waals surface area (Å²) < 4.78 is 0.809. The van der Waals surface area contributed by atoms with Crippen LogP contribution in [0.15, 0.2) is 41.0 Å². The van der Waals surface area contributed by atoms with Crippen LogP contribution in [0.4, 0.5) is 5.69 Å². The van der Waals surface area contributed by atoms with E-state index in [4.69, 9.17) is 11.6 Å². The first-order chi connectivity index (χ1) is 9.22. The second-order valence-electron chi connectivity index (χ2n) is 4.87. The van der Waals surface area contributed by atoms with E-state index in [2.05, 4.69) is 50.5 Å². The molecule has 0 unspecified atom stereocenters. The maximum atomic E-state index is 5.86. The van der Waals surface area contributed by atoms with E-state index >= 15 is 0 Å². The van der Waals surface area contributed by atoms with Gasteiger partial charge in [0.05, 0.1) is 16.4 Å². The van der Waals surface area contributed by atoms with Crippen LogP contribution in [0.2, 0.25) is 5.15 Å². The molecule has 3 rings (SSSR count). The molecule has 1 aromatic carbocycles. The Kier molecular flexibility index (Phi) is 3.76. The Balaban J connectivity index is 1.63. The number of benzene rings is 1. The molecule has 0 bridgehead atoms. The number of nitrogens with one attached hydrogen (secondary N) is 1. The number of hydrogen-bond donors (Lipinski definition) is 1. The lowest BCUT2D eigenvalue weighted by Crippen LogP contribution is -2.00. The van der Waals surface area contributed by atoms with Gasteiger partial charge in [0.15, 0.2) is 0 Å². The summed E-state index contributed by atoms with van der Waals surface area (Å²) in [5.74, 6) is 0.818. The van der Waals surface area contributed by atoms with Gasteiger partial charge in [-0.1, -0.05) is 35.9 Å². The Morgan fingerprint density at radius 1 is 1.26 bits per heavy atom. The Labute approximate surface area is 126 Å². The molecule has 0 amide bonds. The standard InChI is InChI=1S/C15H14BrClN2/c16-14-7-13(9-19-15(14)17)18-8-10-1-3-11(4-2-10)12-5-6-12/h1-4,7,9,12,18H,5-6,8H2. The number of halogens is 2. The third-order valence-corrected chi connectivity index (χ3v) is 4.46. The number of anilines is 1. The molecule has 0 atom stereocenters. The van der Waals surface area contributed by atoms with Gasteiger partial charge >= 0.3 is 0 Å². The highest BCUT2D eigenvalue weighted by Crippen LogP contribution is 2.39. The maximum absolute atomic E-state index is 5.86. The van der Waals surface area contributed by atoms with Crippen molar-refractivity contribution in [3.8, 4) is 0 Å². The van der Waals surface area contributed by atoms with Crippen molar-refractivity contribution in [2.24, 2.45) is 0 Å². The third-order valence-electron chi connectivity index (χ3n) is 3.32. The Morgan fingerprint density at radius 3 is 2.63 bits per heavy atom. The lowest BCUT2D eigenvalue weighted by atomic mass is 10.1. The summed E-state index contributed by atoms with van der Waals surface area (Å²) in [6.07, 6.45) is 4.44. The first-order valence-electron chi connectivity index (χ1n) is 6.36. The minimum Gasteiger partial charge on any atom is -0.380 e. The predicted octanol–water partition coefficient (Wildman–Crippen LogP) is 4.99. The zero-order valence-corrected chi connectivity index (χ0v) is 12.7. The molecule has 1 aliphatic carbocycles. The molecule has 98 valence electrons. The Hall–Kier alpha value is -1.06. The highest BCUT2D eigenvalue weighted by atomic mass is 79.9. The highest BCUT2D eigenvalue weighted by molar-refractivity contribution is 9.10. The van der Waals surface area contributed by atoms with Crippen molar-refractivity contribution in [3.05, 3.63) is 57.3 Å². The van der Waals surface area contributed by atoms with E-state index in [9.17, 15) is 0 Å². The fourth-order valence-electron chi connectivity index (χ4n) is 2.05. The van der Waals surface area contributed by atoms with Crippen LogP contribution in [-0.4, -0.2) is 4.98 Å². The van der Waals surface area contributed by atoms with Crippen LogP contribution < -0.4 is 5.32 Å². The van der Waals surface area contributed by atoms with E-state index in [1.807, 2.05) is 6.07 Å². The summed E-state index contributed by atoms with van der Waals surface area (Å²) >= 11 is 9.24. The second kappa shape index (κ2) is 5.51. The fraction of sp³-hybridized carbons (Fsp3) is 0.267. The molecule has 4 heteroatoms. The maximum Gasteiger partial charge on any atom is 0.143 e. The summed E-state index contributed by atoms with van der Waals surface area (Å²) in [4.78, 5) is 4.09. The molecule has 0 radical (unpaired) electrons. The van der Waals surface area contributed by atoms with Crippen molar-refractivity contribution in [2.75, 3.05) is 5.32 Å². The first kappa shape index (κ1) is 12.9. The van der Waals surface area contributed by atoms with Gasteiger partial charge < -0.3 is 5.32 Å². The average Bonchev–Trinajstić information content (AvgIpc) is 3.25. The summed E-state index contributed by atoms with van der Waals surface area (Å²) in [5, 5.41) is 3.83. The summed E-state index contributed by atoms with van der Waals surface area (Å²) in [5.41, 5.74) is 3.71. The molecule has 1 N–H and O–H groups in total. The summed E-state index contributed by atoms with van der Waals surface area (Å²) in [7, 11) is 0. The largest absolute Gasteiger partial charge is 0.380 e. The quantitative estimate of drug-likeness (QED) is 0.795. The van der Waals surface area contributed by atoms with Gasteiger partial charge in [-0.25, -0.2) is 4.98 Å². The van der Waals surface area contributed by atoms with Gasteiger partial charge in [0.1, 0.15) is 5.15 Å². The van der Waals surface area contributed by atoms with E-state index in [0.717, 1.165) is 22.6 Å². The molecule has 2 aromatic rings. The van der Waals surface area contributed by atoms with Gasteiger partial charge in [-0.05, 0) is 51.9 Å². The van der Waals surface area contributed by atoms with Crippen molar-refractivity contribution in [2.45, 2.75) is 25.3 Å². The Bertz CT molecular complexity index is 579. The van der Waals surface area contributed by atoms with Crippen molar-refractivity contribution in [3.63, 3.8) is 0 Å². The smallest absolute Gasteiger partial charge is 0.143 e. The molecule has 0 aliphatic heterocycles. The van der Waals surface area contributed by atoms with Gasteiger partial charge in [-0.2, -0.15) is 0 Å². The van der Waals surface area contributed by atoms with E-state index in [1.54, 1.807) is 6.20 Å². The van der Waals surface area contributed by atoms with Crippen LogP contribution >= 0.6 is 27.5 Å².